The number of hydrogen-bond donors (Lipinski definition) is 0. The van der Waals surface area contributed by atoms with E-state index in [2.05, 4.69) is 4.98 Å². The molecule has 0 bridgehead atoms. The van der Waals surface area contributed by atoms with E-state index in [1.807, 2.05) is 31.2 Å². The zero-order chi connectivity index (χ0) is 19.4. The lowest BCUT2D eigenvalue weighted by atomic mass is 10.1. The van der Waals surface area contributed by atoms with Gasteiger partial charge in [-0.25, -0.2) is 9.78 Å². The molecule has 0 aliphatic carbocycles. The van der Waals surface area contributed by atoms with Gasteiger partial charge in [0.25, 0.3) is 5.91 Å². The Morgan fingerprint density at radius 3 is 2.56 bits per heavy atom. The largest absolute Gasteiger partial charge is 0.452 e. The van der Waals surface area contributed by atoms with E-state index in [-0.39, 0.29) is 24.1 Å². The number of aromatic nitrogens is 1. The molecule has 1 aromatic heterocycles. The quantitative estimate of drug-likeness (QED) is 0.482. The molecular weight excluding hydrogens is 364 g/mol. The molecule has 7 heteroatoms. The number of para-hydroxylation sites is 1. The molecule has 0 saturated heterocycles. The van der Waals surface area contributed by atoms with Crippen molar-refractivity contribution < 1.29 is 19.1 Å². The number of ether oxygens (including phenoxy) is 1. The topological polar surface area (TPSA) is 76.6 Å². The number of carbonyl (C=O) groups is 3. The first kappa shape index (κ1) is 18.7. The Kier molecular flexibility index (Phi) is 5.61. The second kappa shape index (κ2) is 8.09. The van der Waals surface area contributed by atoms with E-state index >= 15 is 0 Å². The van der Waals surface area contributed by atoms with Gasteiger partial charge in [0.05, 0.1) is 21.8 Å². The summed E-state index contributed by atoms with van der Waals surface area (Å²) in [5.41, 5.74) is 1.65. The highest BCUT2D eigenvalue weighted by Crippen LogP contribution is 2.28. The van der Waals surface area contributed by atoms with E-state index < -0.39 is 5.97 Å². The molecule has 2 aromatic carbocycles. The summed E-state index contributed by atoms with van der Waals surface area (Å²) >= 11 is 1.53. The highest BCUT2D eigenvalue weighted by Gasteiger charge is 2.22. The van der Waals surface area contributed by atoms with Crippen molar-refractivity contribution in [2.45, 2.75) is 13.0 Å². The number of fused-ring (bicyclic) bond motifs is 1. The van der Waals surface area contributed by atoms with Gasteiger partial charge in [-0.15, -0.1) is 11.3 Å². The molecule has 6 nitrogen and oxygen atoms in total. The first-order valence-electron chi connectivity index (χ1n) is 8.33. The zero-order valence-electron chi connectivity index (χ0n) is 14.9. The molecule has 138 valence electrons. The Hall–Kier alpha value is -3.06. The SMILES string of the molecule is C[C@@H](c1nc2ccccc2s1)N(C)C(=O)COC(=O)c1ccc(C=O)cc1. The highest BCUT2D eigenvalue weighted by molar-refractivity contribution is 7.18. The molecular formula is C20H18N2O4S. The van der Waals surface area contributed by atoms with E-state index in [4.69, 9.17) is 4.74 Å². The van der Waals surface area contributed by atoms with Gasteiger partial charge in [0.15, 0.2) is 6.61 Å². The zero-order valence-corrected chi connectivity index (χ0v) is 15.7. The molecule has 1 heterocycles. The lowest BCUT2D eigenvalue weighted by Crippen LogP contribution is -2.33. The van der Waals surface area contributed by atoms with Gasteiger partial charge in [0.2, 0.25) is 0 Å². The van der Waals surface area contributed by atoms with Crippen molar-refractivity contribution in [2.24, 2.45) is 0 Å². The predicted octanol–water partition coefficient (Wildman–Crippen LogP) is 3.49. The average Bonchev–Trinajstić information content (AvgIpc) is 3.15. The van der Waals surface area contributed by atoms with Gasteiger partial charge in [-0.05, 0) is 31.2 Å². The maximum atomic E-state index is 12.4. The van der Waals surface area contributed by atoms with E-state index in [0.29, 0.717) is 11.8 Å². The summed E-state index contributed by atoms with van der Waals surface area (Å²) in [7, 11) is 1.66. The Bertz CT molecular complexity index is 948. The van der Waals surface area contributed by atoms with Crippen LogP contribution < -0.4 is 0 Å². The maximum Gasteiger partial charge on any atom is 0.338 e. The molecule has 0 saturated carbocycles. The number of thiazole rings is 1. The number of hydrogen-bond acceptors (Lipinski definition) is 6. The molecule has 0 N–H and O–H groups in total. The minimum absolute atomic E-state index is 0.236. The van der Waals surface area contributed by atoms with Crippen LogP contribution in [0.3, 0.4) is 0 Å². The third-order valence-corrected chi connectivity index (χ3v) is 5.46. The number of likely N-dealkylation sites (N-methyl/N-ethyl adjacent to an activating group) is 1. The van der Waals surface area contributed by atoms with Crippen molar-refractivity contribution in [3.63, 3.8) is 0 Å². The Balaban J connectivity index is 1.60. The average molecular weight is 382 g/mol. The van der Waals surface area contributed by atoms with Crippen LogP contribution in [0.1, 0.15) is 38.7 Å². The maximum absolute atomic E-state index is 12.4. The highest BCUT2D eigenvalue weighted by atomic mass is 32.1. The summed E-state index contributed by atoms with van der Waals surface area (Å²) in [5.74, 6) is -0.929. The van der Waals surface area contributed by atoms with Gasteiger partial charge in [-0.2, -0.15) is 0 Å². The first-order chi connectivity index (χ1) is 13.0. The molecule has 0 aliphatic heterocycles. The normalized spacial score (nSPS) is 11.8. The van der Waals surface area contributed by atoms with Gasteiger partial charge in [-0.3, -0.25) is 9.59 Å². The Morgan fingerprint density at radius 2 is 1.89 bits per heavy atom. The van der Waals surface area contributed by atoms with Crippen molar-refractivity contribution in [3.05, 3.63) is 64.7 Å². The van der Waals surface area contributed by atoms with E-state index in [1.54, 1.807) is 7.05 Å². The summed E-state index contributed by atoms with van der Waals surface area (Å²) in [6, 6.07) is 13.6. The number of amides is 1. The molecule has 3 aromatic rings. The van der Waals surface area contributed by atoms with Crippen molar-refractivity contribution in [1.82, 2.24) is 9.88 Å². The lowest BCUT2D eigenvalue weighted by molar-refractivity contribution is -0.135. The van der Waals surface area contributed by atoms with Crippen LogP contribution >= 0.6 is 11.3 Å². The molecule has 27 heavy (non-hydrogen) atoms. The monoisotopic (exact) mass is 382 g/mol. The molecule has 3 rings (SSSR count). The number of rotatable bonds is 6. The third kappa shape index (κ3) is 4.20. The fourth-order valence-corrected chi connectivity index (χ4v) is 3.52. The number of benzene rings is 2. The summed E-state index contributed by atoms with van der Waals surface area (Å²) < 4.78 is 6.15. The van der Waals surface area contributed by atoms with Gasteiger partial charge >= 0.3 is 5.97 Å². The van der Waals surface area contributed by atoms with Crippen LogP contribution in [0.25, 0.3) is 10.2 Å². The van der Waals surface area contributed by atoms with Crippen molar-refractivity contribution in [3.8, 4) is 0 Å². The minimum atomic E-state index is -0.609. The van der Waals surface area contributed by atoms with Crippen LogP contribution in [0.15, 0.2) is 48.5 Å². The van der Waals surface area contributed by atoms with Gasteiger partial charge in [0.1, 0.15) is 11.3 Å². The molecule has 1 atom stereocenters. The number of carbonyl (C=O) groups excluding carboxylic acids is 3. The molecule has 0 aliphatic rings. The summed E-state index contributed by atoms with van der Waals surface area (Å²) in [4.78, 5) is 41.1. The fourth-order valence-electron chi connectivity index (χ4n) is 2.46. The van der Waals surface area contributed by atoms with Crippen LogP contribution in [-0.2, 0) is 9.53 Å². The second-order valence-corrected chi connectivity index (χ2v) is 7.08. The smallest absolute Gasteiger partial charge is 0.338 e. The molecule has 0 spiro atoms. The van der Waals surface area contributed by atoms with Gasteiger partial charge < -0.3 is 9.64 Å². The summed E-state index contributed by atoms with van der Waals surface area (Å²) in [6.45, 7) is 1.52. The molecule has 0 unspecified atom stereocenters. The summed E-state index contributed by atoms with van der Waals surface area (Å²) in [5, 5.41) is 0.822. The van der Waals surface area contributed by atoms with Gasteiger partial charge in [0, 0.05) is 12.6 Å². The van der Waals surface area contributed by atoms with E-state index in [1.165, 1.54) is 40.5 Å². The van der Waals surface area contributed by atoms with Crippen LogP contribution in [0, 0.1) is 0 Å². The summed E-state index contributed by atoms with van der Waals surface area (Å²) in [6.07, 6.45) is 0.691. The van der Waals surface area contributed by atoms with Crippen LogP contribution in [0.2, 0.25) is 0 Å². The standard InChI is InChI=1S/C20H18N2O4S/c1-13(19-21-16-5-3-4-6-17(16)27-19)22(2)18(24)12-26-20(25)15-9-7-14(11-23)8-10-15/h3-11,13H,12H2,1-2H3/t13-/m0/s1. The van der Waals surface area contributed by atoms with Crippen molar-refractivity contribution >= 4 is 39.7 Å². The molecule has 1 amide bonds. The Labute approximate surface area is 160 Å². The van der Waals surface area contributed by atoms with Crippen molar-refractivity contribution in [2.75, 3.05) is 13.7 Å². The van der Waals surface area contributed by atoms with Crippen LogP contribution in [0.5, 0.6) is 0 Å². The second-order valence-electron chi connectivity index (χ2n) is 6.02. The fraction of sp³-hybridized carbons (Fsp3) is 0.200. The first-order valence-corrected chi connectivity index (χ1v) is 9.14. The Morgan fingerprint density at radius 1 is 1.19 bits per heavy atom. The lowest BCUT2D eigenvalue weighted by Gasteiger charge is -2.23. The van der Waals surface area contributed by atoms with Crippen LogP contribution in [-0.4, -0.2) is 41.7 Å². The number of esters is 1. The van der Waals surface area contributed by atoms with Gasteiger partial charge in [-0.1, -0.05) is 24.3 Å². The number of nitrogens with zero attached hydrogens (tertiary/aromatic N) is 2. The molecule has 0 radical (unpaired) electrons. The number of aldehydes is 1. The van der Waals surface area contributed by atoms with Crippen LogP contribution in [0.4, 0.5) is 0 Å². The van der Waals surface area contributed by atoms with E-state index in [0.717, 1.165) is 15.2 Å². The predicted molar refractivity (Wildman–Crippen MR) is 103 cm³/mol. The third-order valence-electron chi connectivity index (χ3n) is 4.25. The van der Waals surface area contributed by atoms with Crippen molar-refractivity contribution in [1.29, 1.82) is 0 Å². The van der Waals surface area contributed by atoms with E-state index in [9.17, 15) is 14.4 Å². The molecule has 0 fully saturated rings. The minimum Gasteiger partial charge on any atom is -0.452 e.